The normalized spacial score (nSPS) is 10.6. The summed E-state index contributed by atoms with van der Waals surface area (Å²) in [6.07, 6.45) is 2.88. The lowest BCUT2D eigenvalue weighted by Crippen LogP contribution is -2.10. The molecule has 0 unspecified atom stereocenters. The van der Waals surface area contributed by atoms with Gasteiger partial charge in [0, 0.05) is 14.9 Å². The Morgan fingerprint density at radius 1 is 1.29 bits per heavy atom. The van der Waals surface area contributed by atoms with Crippen LogP contribution < -0.4 is 5.32 Å². The van der Waals surface area contributed by atoms with E-state index in [2.05, 4.69) is 26.2 Å². The summed E-state index contributed by atoms with van der Waals surface area (Å²) in [5.74, 6) is -0.222. The summed E-state index contributed by atoms with van der Waals surface area (Å²) in [4.78, 5) is 17.5. The number of rotatable bonds is 3. The molecule has 2 aromatic heterocycles. The van der Waals surface area contributed by atoms with Gasteiger partial charge in [-0.3, -0.25) is 10.1 Å². The minimum atomic E-state index is -0.222. The van der Waals surface area contributed by atoms with Gasteiger partial charge in [-0.25, -0.2) is 4.98 Å². The minimum absolute atomic E-state index is 0.222. The van der Waals surface area contributed by atoms with Gasteiger partial charge < -0.3 is 4.42 Å². The molecule has 106 valence electrons. The minimum Gasteiger partial charge on any atom is -0.472 e. The number of nitrogens with zero attached hydrogens (tertiary/aromatic N) is 1. The monoisotopic (exact) mass is 362 g/mol. The number of halogens is 1. The molecule has 6 heteroatoms. The molecule has 1 aromatic carbocycles. The largest absolute Gasteiger partial charge is 0.472 e. The highest BCUT2D eigenvalue weighted by molar-refractivity contribution is 9.10. The van der Waals surface area contributed by atoms with E-state index in [-0.39, 0.29) is 5.91 Å². The zero-order valence-corrected chi connectivity index (χ0v) is 13.5. The summed E-state index contributed by atoms with van der Waals surface area (Å²) in [5.41, 5.74) is 2.39. The van der Waals surface area contributed by atoms with E-state index in [4.69, 9.17) is 4.42 Å². The molecule has 0 aliphatic carbocycles. The van der Waals surface area contributed by atoms with Crippen molar-refractivity contribution in [2.24, 2.45) is 0 Å². The number of anilines is 1. The highest BCUT2D eigenvalue weighted by Gasteiger charge is 2.13. The van der Waals surface area contributed by atoms with Crippen molar-refractivity contribution in [2.45, 2.75) is 6.92 Å². The van der Waals surface area contributed by atoms with Gasteiger partial charge >= 0.3 is 0 Å². The Kier molecular flexibility index (Phi) is 3.90. The third kappa shape index (κ3) is 3.06. The van der Waals surface area contributed by atoms with Crippen LogP contribution in [0.4, 0.5) is 5.13 Å². The summed E-state index contributed by atoms with van der Waals surface area (Å²) < 4.78 is 5.92. The summed E-state index contributed by atoms with van der Waals surface area (Å²) in [5, 5.41) is 3.37. The summed E-state index contributed by atoms with van der Waals surface area (Å²) >= 11 is 4.87. The zero-order valence-electron chi connectivity index (χ0n) is 11.1. The van der Waals surface area contributed by atoms with Crippen LogP contribution in [0.25, 0.3) is 11.3 Å². The maximum Gasteiger partial charge on any atom is 0.260 e. The van der Waals surface area contributed by atoms with Crippen LogP contribution in [0.3, 0.4) is 0 Å². The molecule has 3 rings (SSSR count). The maximum atomic E-state index is 12.0. The number of aromatic nitrogens is 1. The molecule has 1 N–H and O–H groups in total. The van der Waals surface area contributed by atoms with E-state index in [1.54, 1.807) is 6.07 Å². The van der Waals surface area contributed by atoms with Gasteiger partial charge in [0.2, 0.25) is 0 Å². The van der Waals surface area contributed by atoms with Crippen molar-refractivity contribution in [1.82, 2.24) is 4.98 Å². The average Bonchev–Trinajstić information content (AvgIpc) is 3.10. The molecule has 0 spiro atoms. The Balaban J connectivity index is 1.84. The average molecular weight is 363 g/mol. The van der Waals surface area contributed by atoms with Crippen LogP contribution in [0.5, 0.6) is 0 Å². The molecular weight excluding hydrogens is 352 g/mol. The van der Waals surface area contributed by atoms with Crippen LogP contribution in [0.15, 0.2) is 51.7 Å². The number of furan rings is 1. The lowest BCUT2D eigenvalue weighted by molar-refractivity contribution is 0.102. The topological polar surface area (TPSA) is 55.1 Å². The summed E-state index contributed by atoms with van der Waals surface area (Å²) in [6.45, 7) is 1.99. The standard InChI is InChI=1S/C15H11BrN2O2S/c1-9-13(10-2-4-12(16)5-3-10)17-15(21-9)18-14(19)11-6-7-20-8-11/h2-8H,1H3,(H,17,18,19). The lowest BCUT2D eigenvalue weighted by atomic mass is 10.1. The number of nitrogens with one attached hydrogen (secondary N) is 1. The van der Waals surface area contributed by atoms with Crippen LogP contribution >= 0.6 is 27.3 Å². The first-order valence-electron chi connectivity index (χ1n) is 6.20. The first-order chi connectivity index (χ1) is 10.1. The number of benzene rings is 1. The molecule has 3 aromatic rings. The van der Waals surface area contributed by atoms with E-state index >= 15 is 0 Å². The fourth-order valence-corrected chi connectivity index (χ4v) is 2.98. The Morgan fingerprint density at radius 3 is 2.71 bits per heavy atom. The smallest absolute Gasteiger partial charge is 0.260 e. The van der Waals surface area contributed by atoms with Crippen LogP contribution in [0.2, 0.25) is 0 Å². The van der Waals surface area contributed by atoms with E-state index in [1.807, 2.05) is 31.2 Å². The molecule has 1 amide bonds. The number of hydrogen-bond donors (Lipinski definition) is 1. The molecule has 0 radical (unpaired) electrons. The quantitative estimate of drug-likeness (QED) is 0.732. The van der Waals surface area contributed by atoms with Crippen molar-refractivity contribution in [3.05, 3.63) is 57.8 Å². The SMILES string of the molecule is Cc1sc(NC(=O)c2ccoc2)nc1-c1ccc(Br)cc1. The number of carbonyl (C=O) groups is 1. The van der Waals surface area contributed by atoms with Gasteiger partial charge in [-0.15, -0.1) is 11.3 Å². The molecule has 4 nitrogen and oxygen atoms in total. The Hall–Kier alpha value is -1.92. The number of thiazole rings is 1. The molecule has 0 aliphatic rings. The van der Waals surface area contributed by atoms with Crippen LogP contribution in [0.1, 0.15) is 15.2 Å². The van der Waals surface area contributed by atoms with Gasteiger partial charge in [0.25, 0.3) is 5.91 Å². The van der Waals surface area contributed by atoms with E-state index in [1.165, 1.54) is 23.9 Å². The summed E-state index contributed by atoms with van der Waals surface area (Å²) in [6, 6.07) is 9.54. The number of hydrogen-bond acceptors (Lipinski definition) is 4. The van der Waals surface area contributed by atoms with Crippen molar-refractivity contribution >= 4 is 38.3 Å². The molecular formula is C15H11BrN2O2S. The molecule has 21 heavy (non-hydrogen) atoms. The van der Waals surface area contributed by atoms with Gasteiger partial charge in [-0.2, -0.15) is 0 Å². The number of amides is 1. The fraction of sp³-hybridized carbons (Fsp3) is 0.0667. The lowest BCUT2D eigenvalue weighted by Gasteiger charge is -1.99. The molecule has 2 heterocycles. The van der Waals surface area contributed by atoms with Crippen molar-refractivity contribution in [3.63, 3.8) is 0 Å². The van der Waals surface area contributed by atoms with E-state index in [0.717, 1.165) is 20.6 Å². The van der Waals surface area contributed by atoms with Gasteiger partial charge in [0.15, 0.2) is 5.13 Å². The highest BCUT2D eigenvalue weighted by atomic mass is 79.9. The number of carbonyl (C=O) groups excluding carboxylic acids is 1. The first-order valence-corrected chi connectivity index (χ1v) is 7.81. The van der Waals surface area contributed by atoms with E-state index in [0.29, 0.717) is 10.7 Å². The van der Waals surface area contributed by atoms with Gasteiger partial charge in [-0.1, -0.05) is 28.1 Å². The fourth-order valence-electron chi connectivity index (χ4n) is 1.89. The van der Waals surface area contributed by atoms with Gasteiger partial charge in [-0.05, 0) is 25.1 Å². The van der Waals surface area contributed by atoms with Crippen molar-refractivity contribution < 1.29 is 9.21 Å². The third-order valence-corrected chi connectivity index (χ3v) is 4.33. The van der Waals surface area contributed by atoms with Gasteiger partial charge in [0.1, 0.15) is 6.26 Å². The Morgan fingerprint density at radius 2 is 2.05 bits per heavy atom. The maximum absolute atomic E-state index is 12.0. The number of aryl methyl sites for hydroxylation is 1. The predicted octanol–water partition coefficient (Wildman–Crippen LogP) is 4.73. The van der Waals surface area contributed by atoms with Crippen LogP contribution in [-0.2, 0) is 0 Å². The highest BCUT2D eigenvalue weighted by Crippen LogP contribution is 2.31. The molecule has 0 bridgehead atoms. The first kappa shape index (κ1) is 14.0. The molecule has 0 aliphatic heterocycles. The second-order valence-electron chi connectivity index (χ2n) is 4.40. The molecule has 0 atom stereocenters. The summed E-state index contributed by atoms with van der Waals surface area (Å²) in [7, 11) is 0. The second kappa shape index (κ2) is 5.83. The van der Waals surface area contributed by atoms with Crippen LogP contribution in [0, 0.1) is 6.92 Å². The molecule has 0 fully saturated rings. The van der Waals surface area contributed by atoms with Crippen molar-refractivity contribution in [3.8, 4) is 11.3 Å². The molecule has 0 saturated carbocycles. The van der Waals surface area contributed by atoms with Crippen LogP contribution in [-0.4, -0.2) is 10.9 Å². The third-order valence-electron chi connectivity index (χ3n) is 2.92. The van der Waals surface area contributed by atoms with E-state index < -0.39 is 0 Å². The Labute approximate surface area is 134 Å². The Bertz CT molecular complexity index is 764. The van der Waals surface area contributed by atoms with E-state index in [9.17, 15) is 4.79 Å². The predicted molar refractivity (Wildman–Crippen MR) is 86.6 cm³/mol. The van der Waals surface area contributed by atoms with Gasteiger partial charge in [0.05, 0.1) is 17.5 Å². The molecule has 0 saturated heterocycles. The van der Waals surface area contributed by atoms with Crippen molar-refractivity contribution in [1.29, 1.82) is 0 Å². The zero-order chi connectivity index (χ0) is 14.8. The van der Waals surface area contributed by atoms with Crippen molar-refractivity contribution in [2.75, 3.05) is 5.32 Å². The second-order valence-corrected chi connectivity index (χ2v) is 6.52.